The summed E-state index contributed by atoms with van der Waals surface area (Å²) in [6.45, 7) is 2.89. The lowest BCUT2D eigenvalue weighted by molar-refractivity contribution is -0.447. The zero-order valence-corrected chi connectivity index (χ0v) is 10.3. The topological polar surface area (TPSA) is 36.9 Å². The van der Waals surface area contributed by atoms with Gasteiger partial charge in [-0.3, -0.25) is 0 Å². The molecule has 0 radical (unpaired) electrons. The fourth-order valence-electron chi connectivity index (χ4n) is 1.01. The smallest absolute Gasteiger partial charge is 0.119 e. The first kappa shape index (κ1) is 13.3. The molecule has 0 heterocycles. The van der Waals surface area contributed by atoms with Crippen molar-refractivity contribution in [1.82, 2.24) is 0 Å². The molecule has 0 aliphatic rings. The van der Waals surface area contributed by atoms with Crippen molar-refractivity contribution in [3.8, 4) is 5.75 Å². The van der Waals surface area contributed by atoms with E-state index < -0.39 is 0 Å². The lowest BCUT2D eigenvalue weighted by Gasteiger charge is -2.05. The number of rotatable bonds is 8. The molecule has 0 saturated heterocycles. The van der Waals surface area contributed by atoms with Gasteiger partial charge in [-0.15, -0.1) is 4.33 Å². The molecule has 0 atom stereocenters. The van der Waals surface area contributed by atoms with Gasteiger partial charge in [0.25, 0.3) is 0 Å². The molecule has 0 aliphatic heterocycles. The predicted molar refractivity (Wildman–Crippen MR) is 61.9 cm³/mol. The lowest BCUT2D eigenvalue weighted by atomic mass is 10.3. The molecule has 0 aromatic heterocycles. The Labute approximate surface area is 99.9 Å². The average molecular weight is 244 g/mol. The van der Waals surface area contributed by atoms with Gasteiger partial charge in [-0.05, 0) is 30.7 Å². The zero-order chi connectivity index (χ0) is 11.6. The van der Waals surface area contributed by atoms with E-state index in [1.807, 2.05) is 24.3 Å². The van der Waals surface area contributed by atoms with Gasteiger partial charge in [0, 0.05) is 4.90 Å². The van der Waals surface area contributed by atoms with Gasteiger partial charge >= 0.3 is 0 Å². The van der Waals surface area contributed by atoms with E-state index in [0.29, 0.717) is 0 Å². The maximum absolute atomic E-state index is 5.52. The van der Waals surface area contributed by atoms with Crippen LogP contribution in [0.4, 0.5) is 0 Å². The zero-order valence-electron chi connectivity index (χ0n) is 9.47. The highest BCUT2D eigenvalue weighted by Gasteiger charge is 1.97. The summed E-state index contributed by atoms with van der Waals surface area (Å²) >= 11 is 1.08. The molecule has 0 unspecified atom stereocenters. The Bertz CT molecular complexity index is 247. The maximum Gasteiger partial charge on any atom is 0.119 e. The predicted octanol–water partition coefficient (Wildman–Crippen LogP) is 3.38. The molecule has 16 heavy (non-hydrogen) atoms. The van der Waals surface area contributed by atoms with Crippen molar-refractivity contribution in [3.63, 3.8) is 0 Å². The molecule has 0 amide bonds. The summed E-state index contributed by atoms with van der Waals surface area (Å²) in [6, 6.07) is 7.58. The van der Waals surface area contributed by atoms with E-state index in [0.717, 1.165) is 42.1 Å². The number of unbranched alkanes of at least 4 members (excludes halogenated alkanes) is 1. The van der Waals surface area contributed by atoms with E-state index in [2.05, 4.69) is 21.2 Å². The quantitative estimate of drug-likeness (QED) is 0.303. The minimum atomic E-state index is 0.756. The van der Waals surface area contributed by atoms with Gasteiger partial charge in [0.2, 0.25) is 0 Å². The Morgan fingerprint density at radius 3 is 2.56 bits per heavy atom. The fraction of sp³-hybridized carbons (Fsp3) is 0.455. The second-order valence-corrected chi connectivity index (χ2v) is 3.83. The molecule has 1 aromatic carbocycles. The van der Waals surface area contributed by atoms with Crippen molar-refractivity contribution in [2.24, 2.45) is 0 Å². The summed E-state index contributed by atoms with van der Waals surface area (Å²) in [5.41, 5.74) is 0. The highest BCUT2D eigenvalue weighted by atomic mass is 32.2. The molecule has 5 heteroatoms. The van der Waals surface area contributed by atoms with Crippen molar-refractivity contribution in [3.05, 3.63) is 24.3 Å². The van der Waals surface area contributed by atoms with Crippen LogP contribution in [0.2, 0.25) is 0 Å². The van der Waals surface area contributed by atoms with E-state index >= 15 is 0 Å². The van der Waals surface area contributed by atoms with E-state index in [1.54, 1.807) is 0 Å². The third-order valence-electron chi connectivity index (χ3n) is 1.82. The third-order valence-corrected chi connectivity index (χ3v) is 2.40. The van der Waals surface area contributed by atoms with Gasteiger partial charge < -0.3 is 4.74 Å². The first-order valence-corrected chi connectivity index (χ1v) is 5.88. The summed E-state index contributed by atoms with van der Waals surface area (Å²) in [7, 11) is 1.38. The van der Waals surface area contributed by atoms with Crippen LogP contribution in [0.3, 0.4) is 0 Å². The van der Waals surface area contributed by atoms with Crippen LogP contribution in [0.15, 0.2) is 29.2 Å². The second-order valence-electron chi connectivity index (χ2n) is 3.06. The van der Waals surface area contributed by atoms with Crippen LogP contribution in [0.5, 0.6) is 5.75 Å². The van der Waals surface area contributed by atoms with Crippen molar-refractivity contribution >= 4 is 12.0 Å². The van der Waals surface area contributed by atoms with Crippen LogP contribution < -0.4 is 4.74 Å². The molecule has 90 valence electrons. The van der Waals surface area contributed by atoms with Gasteiger partial charge in [0.1, 0.15) is 5.75 Å². The standard InChI is InChI=1S/C11H16O4S/c1-3-4-9-13-10-5-7-11(8-6-10)16-15-14-12-2/h5-8H,3-4,9H2,1-2H3. The normalized spacial score (nSPS) is 10.4. The molecule has 0 saturated carbocycles. The second kappa shape index (κ2) is 8.41. The van der Waals surface area contributed by atoms with Gasteiger partial charge in [-0.1, -0.05) is 18.4 Å². The summed E-state index contributed by atoms with van der Waals surface area (Å²) in [4.78, 5) is 5.20. The van der Waals surface area contributed by atoms with Crippen LogP contribution in [0, 0.1) is 0 Å². The van der Waals surface area contributed by atoms with Crippen molar-refractivity contribution in [2.75, 3.05) is 13.7 Å². The van der Waals surface area contributed by atoms with Crippen LogP contribution in [0.25, 0.3) is 0 Å². The van der Waals surface area contributed by atoms with E-state index in [-0.39, 0.29) is 0 Å². The highest BCUT2D eigenvalue weighted by Crippen LogP contribution is 2.22. The maximum atomic E-state index is 5.52. The minimum absolute atomic E-state index is 0.756. The number of hydrogen-bond acceptors (Lipinski definition) is 5. The largest absolute Gasteiger partial charge is 0.494 e. The third kappa shape index (κ3) is 5.37. The van der Waals surface area contributed by atoms with E-state index in [4.69, 9.17) is 4.74 Å². The molecular weight excluding hydrogens is 228 g/mol. The van der Waals surface area contributed by atoms with Crippen LogP contribution >= 0.6 is 12.0 Å². The molecule has 4 nitrogen and oxygen atoms in total. The molecule has 1 aromatic rings. The molecule has 0 spiro atoms. The Hall–Kier alpha value is -0.750. The Balaban J connectivity index is 2.30. The van der Waals surface area contributed by atoms with Crippen LogP contribution in [-0.2, 0) is 14.3 Å². The Morgan fingerprint density at radius 1 is 1.19 bits per heavy atom. The van der Waals surface area contributed by atoms with Gasteiger partial charge in [-0.2, -0.15) is 0 Å². The van der Waals surface area contributed by atoms with Crippen molar-refractivity contribution in [2.45, 2.75) is 24.7 Å². The fourth-order valence-corrected chi connectivity index (χ4v) is 1.42. The number of hydrogen-bond donors (Lipinski definition) is 0. The van der Waals surface area contributed by atoms with Gasteiger partial charge in [0.05, 0.1) is 25.8 Å². The number of ether oxygens (including phenoxy) is 1. The molecule has 0 bridgehead atoms. The van der Waals surface area contributed by atoms with E-state index in [1.165, 1.54) is 7.11 Å². The summed E-state index contributed by atoms with van der Waals surface area (Å²) in [5.74, 6) is 0.866. The average Bonchev–Trinajstić information content (AvgIpc) is 2.32. The molecule has 0 aliphatic carbocycles. The summed E-state index contributed by atoms with van der Waals surface area (Å²) in [5, 5.41) is 4.28. The lowest BCUT2D eigenvalue weighted by Crippen LogP contribution is -1.95. The molecule has 0 N–H and O–H groups in total. The summed E-state index contributed by atoms with van der Waals surface area (Å²) < 4.78 is 10.2. The highest BCUT2D eigenvalue weighted by molar-refractivity contribution is 7.94. The van der Waals surface area contributed by atoms with Crippen LogP contribution in [-0.4, -0.2) is 13.7 Å². The molecule has 1 rings (SSSR count). The first-order chi connectivity index (χ1) is 7.86. The monoisotopic (exact) mass is 244 g/mol. The molecular formula is C11H16O4S. The number of benzene rings is 1. The van der Waals surface area contributed by atoms with Gasteiger partial charge in [-0.25, -0.2) is 4.89 Å². The minimum Gasteiger partial charge on any atom is -0.494 e. The van der Waals surface area contributed by atoms with Gasteiger partial charge in [0.15, 0.2) is 0 Å². The molecule has 0 fully saturated rings. The van der Waals surface area contributed by atoms with E-state index in [9.17, 15) is 0 Å². The summed E-state index contributed by atoms with van der Waals surface area (Å²) in [6.07, 6.45) is 2.21. The van der Waals surface area contributed by atoms with Crippen LogP contribution in [0.1, 0.15) is 19.8 Å². The SMILES string of the molecule is CCCCOc1ccc(SOOOC)cc1. The Morgan fingerprint density at radius 2 is 1.94 bits per heavy atom. The van der Waals surface area contributed by atoms with Crippen molar-refractivity contribution in [1.29, 1.82) is 0 Å². The Kier molecular flexibility index (Phi) is 7.00. The van der Waals surface area contributed by atoms with Crippen molar-refractivity contribution < 1.29 is 19.0 Å². The first-order valence-electron chi connectivity index (χ1n) is 5.13.